The molecule has 0 saturated carbocycles. The fraction of sp³-hybridized carbons (Fsp3) is 0.368. The van der Waals surface area contributed by atoms with Crippen LogP contribution in [-0.4, -0.2) is 67.2 Å². The first-order valence-electron chi connectivity index (χ1n) is 15.8. The Morgan fingerprint density at radius 1 is 0.596 bits per heavy atom. The molecule has 0 radical (unpaired) electrons. The first kappa shape index (κ1) is 32.0. The molecule has 1 aliphatic carbocycles. The summed E-state index contributed by atoms with van der Waals surface area (Å²) in [6.45, 7) is 1.51. The molecule has 0 spiro atoms. The predicted molar refractivity (Wildman–Crippen MR) is 182 cm³/mol. The fourth-order valence-electron chi connectivity index (χ4n) is 6.61. The smallest absolute Gasteiger partial charge is 0.169 e. The van der Waals surface area contributed by atoms with Gasteiger partial charge in [-0.15, -0.1) is 0 Å². The molecule has 2 aliphatic heterocycles. The zero-order chi connectivity index (χ0) is 32.9. The van der Waals surface area contributed by atoms with Crippen molar-refractivity contribution in [3.8, 4) is 34.5 Å². The average Bonchev–Trinajstić information content (AvgIpc) is 3.11. The Kier molecular flexibility index (Phi) is 9.71. The van der Waals surface area contributed by atoms with E-state index in [9.17, 15) is 0 Å². The van der Waals surface area contributed by atoms with E-state index >= 15 is 0 Å². The van der Waals surface area contributed by atoms with Gasteiger partial charge in [0.2, 0.25) is 0 Å². The molecule has 0 N–H and O–H groups in total. The van der Waals surface area contributed by atoms with E-state index in [0.29, 0.717) is 47.5 Å². The van der Waals surface area contributed by atoms with Crippen LogP contribution in [0.4, 0.5) is 0 Å². The normalized spacial score (nSPS) is 18.3. The van der Waals surface area contributed by atoms with Crippen molar-refractivity contribution in [1.82, 2.24) is 0 Å². The van der Waals surface area contributed by atoms with Gasteiger partial charge in [0.25, 0.3) is 0 Å². The highest BCUT2D eigenvalue weighted by Crippen LogP contribution is 2.40. The molecular formula is C38H42N2O7. The number of aliphatic imine (C=N–C) groups is 2. The molecule has 0 aromatic heterocycles. The largest absolute Gasteiger partial charge is 0.493 e. The Bertz CT molecular complexity index is 1760. The van der Waals surface area contributed by atoms with Crippen LogP contribution < -0.4 is 23.7 Å². The van der Waals surface area contributed by atoms with Crippen molar-refractivity contribution in [2.45, 2.75) is 25.7 Å². The van der Waals surface area contributed by atoms with Crippen molar-refractivity contribution in [1.29, 1.82) is 0 Å². The van der Waals surface area contributed by atoms with E-state index in [4.69, 9.17) is 43.1 Å². The van der Waals surface area contributed by atoms with Crippen LogP contribution in [0.25, 0.3) is 0 Å². The zero-order valence-corrected chi connectivity index (χ0v) is 27.9. The van der Waals surface area contributed by atoms with Crippen molar-refractivity contribution in [3.63, 3.8) is 0 Å². The summed E-state index contributed by atoms with van der Waals surface area (Å²) in [5.74, 6) is 5.91. The minimum Gasteiger partial charge on any atom is -0.493 e. The molecule has 2 atom stereocenters. The monoisotopic (exact) mass is 638 g/mol. The van der Waals surface area contributed by atoms with Crippen LogP contribution in [-0.2, 0) is 28.7 Å². The van der Waals surface area contributed by atoms with Crippen molar-refractivity contribution in [2.75, 3.05) is 55.7 Å². The number of ether oxygens (including phenoxy) is 7. The molecule has 0 saturated heterocycles. The second kappa shape index (κ2) is 14.2. The first-order valence-corrected chi connectivity index (χ1v) is 15.8. The third kappa shape index (κ3) is 6.66. The maximum atomic E-state index is 6.47. The molecule has 3 aromatic rings. The molecule has 47 heavy (non-hydrogen) atoms. The van der Waals surface area contributed by atoms with Gasteiger partial charge in [-0.2, -0.15) is 0 Å². The predicted octanol–water partition coefficient (Wildman–Crippen LogP) is 6.80. The Hall–Kier alpha value is -4.92. The molecule has 0 fully saturated rings. The minimum absolute atomic E-state index is 0.162. The van der Waals surface area contributed by atoms with Crippen LogP contribution in [0.2, 0.25) is 0 Å². The van der Waals surface area contributed by atoms with Crippen molar-refractivity contribution < 1.29 is 33.2 Å². The molecule has 2 unspecified atom stereocenters. The van der Waals surface area contributed by atoms with E-state index in [1.165, 1.54) is 5.56 Å². The number of allylic oxidation sites excluding steroid dienone is 2. The summed E-state index contributed by atoms with van der Waals surface area (Å²) in [5.41, 5.74) is 6.53. The second-order valence-corrected chi connectivity index (χ2v) is 11.7. The van der Waals surface area contributed by atoms with Crippen LogP contribution in [0.3, 0.4) is 0 Å². The van der Waals surface area contributed by atoms with Gasteiger partial charge in [-0.3, -0.25) is 9.98 Å². The molecule has 9 nitrogen and oxygen atoms in total. The van der Waals surface area contributed by atoms with Crippen LogP contribution in [0.1, 0.15) is 28.7 Å². The molecule has 0 bridgehead atoms. The standard InChI is InChI=1S/C38H42N2O7/c1-41-31-9-7-24(16-30-28-22-37(46-6)35(44-4)20-26(28)12-14-40-30)18-38(31)47-32-10-8-23(17-33(32)42-2)15-29-27-21-36(45-5)34(43-3)19-25(27)11-13-39-29/h7-10,17-22,25,27H,11-16H2,1-6H3. The lowest BCUT2D eigenvalue weighted by atomic mass is 9.78. The zero-order valence-electron chi connectivity index (χ0n) is 27.9. The Morgan fingerprint density at radius 2 is 1.23 bits per heavy atom. The van der Waals surface area contributed by atoms with E-state index in [1.807, 2.05) is 36.4 Å². The van der Waals surface area contributed by atoms with E-state index in [0.717, 1.165) is 71.3 Å². The maximum absolute atomic E-state index is 6.47. The third-order valence-corrected chi connectivity index (χ3v) is 9.04. The van der Waals surface area contributed by atoms with E-state index in [2.05, 4.69) is 24.3 Å². The van der Waals surface area contributed by atoms with E-state index < -0.39 is 0 Å². The van der Waals surface area contributed by atoms with Gasteiger partial charge in [0.1, 0.15) is 0 Å². The molecule has 3 aliphatic rings. The summed E-state index contributed by atoms with van der Waals surface area (Å²) in [6.07, 6.45) is 7.47. The Labute approximate surface area is 276 Å². The van der Waals surface area contributed by atoms with Gasteiger partial charge in [-0.1, -0.05) is 12.1 Å². The van der Waals surface area contributed by atoms with Gasteiger partial charge < -0.3 is 33.2 Å². The summed E-state index contributed by atoms with van der Waals surface area (Å²) in [6, 6.07) is 16.1. The Morgan fingerprint density at radius 3 is 1.96 bits per heavy atom. The van der Waals surface area contributed by atoms with Crippen molar-refractivity contribution >= 4 is 11.4 Å². The van der Waals surface area contributed by atoms with Crippen LogP contribution in [0.15, 0.2) is 82.2 Å². The average molecular weight is 639 g/mol. The summed E-state index contributed by atoms with van der Waals surface area (Å²) in [4.78, 5) is 9.80. The lowest BCUT2D eigenvalue weighted by molar-refractivity contribution is 0.208. The van der Waals surface area contributed by atoms with Gasteiger partial charge in [-0.25, -0.2) is 0 Å². The number of methoxy groups -OCH3 is 6. The van der Waals surface area contributed by atoms with Gasteiger partial charge in [0.15, 0.2) is 46.0 Å². The SMILES string of the molecule is COC1=CC2CCN=C(Cc3ccc(Oc4cc(CC5=NCCc6cc(OC)c(OC)cc65)ccc4OC)c(OC)c3)C2C=C1OC. The van der Waals surface area contributed by atoms with Crippen molar-refractivity contribution in [2.24, 2.45) is 21.8 Å². The number of benzene rings is 3. The molecule has 2 heterocycles. The first-order chi connectivity index (χ1) is 23.0. The highest BCUT2D eigenvalue weighted by molar-refractivity contribution is 6.04. The highest BCUT2D eigenvalue weighted by atomic mass is 16.5. The molecular weight excluding hydrogens is 596 g/mol. The fourth-order valence-corrected chi connectivity index (χ4v) is 6.61. The van der Waals surface area contributed by atoms with Gasteiger partial charge in [0, 0.05) is 48.8 Å². The van der Waals surface area contributed by atoms with Gasteiger partial charge in [0.05, 0.1) is 42.7 Å². The van der Waals surface area contributed by atoms with Crippen molar-refractivity contribution in [3.05, 3.63) is 94.5 Å². The molecule has 6 rings (SSSR count). The molecule has 3 aromatic carbocycles. The Balaban J connectivity index is 1.22. The number of hydrogen-bond acceptors (Lipinski definition) is 9. The molecule has 246 valence electrons. The molecule has 9 heteroatoms. The lowest BCUT2D eigenvalue weighted by Crippen LogP contribution is -2.31. The number of fused-ring (bicyclic) bond motifs is 2. The number of rotatable bonds is 12. The summed E-state index contributed by atoms with van der Waals surface area (Å²) >= 11 is 0. The van der Waals surface area contributed by atoms with Crippen LogP contribution >= 0.6 is 0 Å². The second-order valence-electron chi connectivity index (χ2n) is 11.7. The highest BCUT2D eigenvalue weighted by Gasteiger charge is 2.32. The molecule has 0 amide bonds. The number of nitrogens with zero attached hydrogens (tertiary/aromatic N) is 2. The van der Waals surface area contributed by atoms with Gasteiger partial charge >= 0.3 is 0 Å². The number of hydrogen-bond donors (Lipinski definition) is 0. The third-order valence-electron chi connectivity index (χ3n) is 9.04. The summed E-state index contributed by atoms with van der Waals surface area (Å²) in [7, 11) is 9.95. The van der Waals surface area contributed by atoms with Gasteiger partial charge in [-0.05, 0) is 84.0 Å². The van der Waals surface area contributed by atoms with Crippen LogP contribution in [0.5, 0.6) is 34.5 Å². The van der Waals surface area contributed by atoms with Crippen LogP contribution in [0, 0.1) is 11.8 Å². The van der Waals surface area contributed by atoms with E-state index in [1.54, 1.807) is 42.7 Å². The minimum atomic E-state index is 0.162. The van der Waals surface area contributed by atoms with E-state index in [-0.39, 0.29) is 5.92 Å². The summed E-state index contributed by atoms with van der Waals surface area (Å²) < 4.78 is 40.2. The lowest BCUT2D eigenvalue weighted by Gasteiger charge is -2.32. The maximum Gasteiger partial charge on any atom is 0.169 e. The summed E-state index contributed by atoms with van der Waals surface area (Å²) in [5, 5.41) is 0. The quantitative estimate of drug-likeness (QED) is 0.216. The topological polar surface area (TPSA) is 89.3 Å².